The summed E-state index contributed by atoms with van der Waals surface area (Å²) in [5.41, 5.74) is 2.44. The zero-order chi connectivity index (χ0) is 27.6. The zero-order valence-corrected chi connectivity index (χ0v) is 23.7. The second-order valence-corrected chi connectivity index (χ2v) is 11.6. The van der Waals surface area contributed by atoms with E-state index in [0.717, 1.165) is 17.4 Å². The van der Waals surface area contributed by atoms with E-state index in [2.05, 4.69) is 5.32 Å². The van der Waals surface area contributed by atoms with E-state index in [1.54, 1.807) is 24.1 Å². The van der Waals surface area contributed by atoms with Crippen LogP contribution in [0.3, 0.4) is 0 Å². The Balaban J connectivity index is 2.22. The molecule has 2 amide bonds. The van der Waals surface area contributed by atoms with Gasteiger partial charge in [-0.05, 0) is 55.5 Å². The minimum atomic E-state index is -3.52. The highest BCUT2D eigenvalue weighted by atomic mass is 32.2. The van der Waals surface area contributed by atoms with E-state index < -0.39 is 16.1 Å². The molecular weight excluding hydrogens is 490 g/mol. The SMILES string of the molecule is CC[C@H](C(=O)NCC(C)C)N(Cc1cccc(OC)c1)C(=O)CCCN(c1ccc(C)cc1)S(C)(=O)=O. The lowest BCUT2D eigenvalue weighted by molar-refractivity contribution is -0.141. The van der Waals surface area contributed by atoms with Gasteiger partial charge in [0.2, 0.25) is 21.8 Å². The van der Waals surface area contributed by atoms with Gasteiger partial charge in [0.1, 0.15) is 11.8 Å². The highest BCUT2D eigenvalue weighted by Gasteiger charge is 2.29. The normalized spacial score (nSPS) is 12.2. The molecule has 2 aromatic carbocycles. The van der Waals surface area contributed by atoms with E-state index in [0.29, 0.717) is 30.8 Å². The van der Waals surface area contributed by atoms with Gasteiger partial charge < -0.3 is 15.0 Å². The Morgan fingerprint density at radius 2 is 1.76 bits per heavy atom. The zero-order valence-electron chi connectivity index (χ0n) is 22.9. The van der Waals surface area contributed by atoms with Crippen molar-refractivity contribution in [2.45, 2.75) is 59.5 Å². The number of anilines is 1. The molecule has 0 aliphatic heterocycles. The minimum absolute atomic E-state index is 0.107. The smallest absolute Gasteiger partial charge is 0.242 e. The summed E-state index contributed by atoms with van der Waals surface area (Å²) in [6.07, 6.45) is 2.04. The number of rotatable bonds is 14. The molecule has 2 rings (SSSR count). The number of amides is 2. The summed E-state index contributed by atoms with van der Waals surface area (Å²) in [6, 6.07) is 14.0. The van der Waals surface area contributed by atoms with Crippen LogP contribution < -0.4 is 14.4 Å². The Morgan fingerprint density at radius 1 is 1.08 bits per heavy atom. The van der Waals surface area contributed by atoms with Crippen molar-refractivity contribution in [1.29, 1.82) is 0 Å². The molecule has 0 saturated carbocycles. The molecule has 0 aliphatic carbocycles. The van der Waals surface area contributed by atoms with Crippen LogP contribution in [0.5, 0.6) is 5.75 Å². The van der Waals surface area contributed by atoms with Gasteiger partial charge in [-0.2, -0.15) is 0 Å². The van der Waals surface area contributed by atoms with Crippen LogP contribution in [-0.2, 0) is 26.2 Å². The Hall–Kier alpha value is -3.07. The second-order valence-electron chi connectivity index (χ2n) is 9.71. The Bertz CT molecular complexity index is 1130. The number of carbonyl (C=O) groups excluding carboxylic acids is 2. The fourth-order valence-electron chi connectivity index (χ4n) is 4.02. The molecule has 204 valence electrons. The summed E-state index contributed by atoms with van der Waals surface area (Å²) in [5.74, 6) is 0.563. The van der Waals surface area contributed by atoms with E-state index in [-0.39, 0.29) is 37.2 Å². The Labute approximate surface area is 222 Å². The van der Waals surface area contributed by atoms with Gasteiger partial charge in [0.25, 0.3) is 0 Å². The van der Waals surface area contributed by atoms with Gasteiger partial charge in [-0.15, -0.1) is 0 Å². The fraction of sp³-hybridized carbons (Fsp3) is 0.500. The molecule has 0 saturated heterocycles. The van der Waals surface area contributed by atoms with Crippen molar-refractivity contribution < 1.29 is 22.7 Å². The maximum absolute atomic E-state index is 13.5. The van der Waals surface area contributed by atoms with Gasteiger partial charge in [0, 0.05) is 26.1 Å². The molecule has 8 nitrogen and oxygen atoms in total. The third kappa shape index (κ3) is 9.39. The van der Waals surface area contributed by atoms with Crippen molar-refractivity contribution in [2.75, 3.05) is 30.8 Å². The summed E-state index contributed by atoms with van der Waals surface area (Å²) in [7, 11) is -1.94. The Kier molecular flexibility index (Phi) is 11.4. The fourth-order valence-corrected chi connectivity index (χ4v) is 4.99. The van der Waals surface area contributed by atoms with Crippen molar-refractivity contribution in [3.63, 3.8) is 0 Å². The van der Waals surface area contributed by atoms with E-state index >= 15 is 0 Å². The van der Waals surface area contributed by atoms with Gasteiger partial charge in [-0.3, -0.25) is 13.9 Å². The average Bonchev–Trinajstić information content (AvgIpc) is 2.85. The van der Waals surface area contributed by atoms with Crippen LogP contribution in [0.25, 0.3) is 0 Å². The van der Waals surface area contributed by atoms with Gasteiger partial charge in [-0.1, -0.05) is 50.6 Å². The molecule has 2 aromatic rings. The van der Waals surface area contributed by atoms with Crippen LogP contribution in [0.2, 0.25) is 0 Å². The van der Waals surface area contributed by atoms with Crippen LogP contribution in [0.15, 0.2) is 48.5 Å². The highest BCUT2D eigenvalue weighted by Crippen LogP contribution is 2.21. The molecule has 0 fully saturated rings. The van der Waals surface area contributed by atoms with Gasteiger partial charge >= 0.3 is 0 Å². The number of hydrogen-bond acceptors (Lipinski definition) is 5. The number of nitrogens with one attached hydrogen (secondary N) is 1. The third-order valence-corrected chi connectivity index (χ3v) is 7.23. The number of carbonyl (C=O) groups is 2. The first-order valence-electron chi connectivity index (χ1n) is 12.7. The van der Waals surface area contributed by atoms with Gasteiger partial charge in [0.15, 0.2) is 0 Å². The van der Waals surface area contributed by atoms with Crippen LogP contribution in [0.4, 0.5) is 5.69 Å². The molecule has 0 aliphatic rings. The maximum Gasteiger partial charge on any atom is 0.242 e. The molecule has 0 bridgehead atoms. The summed E-state index contributed by atoms with van der Waals surface area (Å²) in [6.45, 7) is 8.79. The molecule has 0 heterocycles. The predicted octanol–water partition coefficient (Wildman–Crippen LogP) is 4.13. The lowest BCUT2D eigenvalue weighted by atomic mass is 10.1. The average molecular weight is 532 g/mol. The third-order valence-electron chi connectivity index (χ3n) is 6.03. The first-order chi connectivity index (χ1) is 17.5. The molecule has 0 spiro atoms. The lowest BCUT2D eigenvalue weighted by Crippen LogP contribution is -2.49. The molecule has 0 unspecified atom stereocenters. The first kappa shape index (κ1) is 30.2. The van der Waals surface area contributed by atoms with E-state index in [4.69, 9.17) is 4.74 Å². The molecular formula is C28H41N3O5S. The van der Waals surface area contributed by atoms with Crippen molar-refractivity contribution in [2.24, 2.45) is 5.92 Å². The van der Waals surface area contributed by atoms with Gasteiger partial charge in [-0.25, -0.2) is 8.42 Å². The molecule has 0 aromatic heterocycles. The van der Waals surface area contributed by atoms with E-state index in [1.807, 2.05) is 64.1 Å². The van der Waals surface area contributed by atoms with Crippen LogP contribution in [0, 0.1) is 12.8 Å². The van der Waals surface area contributed by atoms with Crippen LogP contribution in [0.1, 0.15) is 51.2 Å². The number of ether oxygens (including phenoxy) is 1. The van der Waals surface area contributed by atoms with Crippen molar-refractivity contribution >= 4 is 27.5 Å². The van der Waals surface area contributed by atoms with Crippen LogP contribution >= 0.6 is 0 Å². The van der Waals surface area contributed by atoms with E-state index in [9.17, 15) is 18.0 Å². The summed E-state index contributed by atoms with van der Waals surface area (Å²) < 4.78 is 31.6. The maximum atomic E-state index is 13.5. The topological polar surface area (TPSA) is 96.0 Å². The summed E-state index contributed by atoms with van der Waals surface area (Å²) in [4.78, 5) is 28.1. The summed E-state index contributed by atoms with van der Waals surface area (Å²) >= 11 is 0. The van der Waals surface area contributed by atoms with Crippen molar-refractivity contribution in [3.8, 4) is 5.75 Å². The number of methoxy groups -OCH3 is 1. The number of nitrogens with zero attached hydrogens (tertiary/aromatic N) is 2. The van der Waals surface area contributed by atoms with Crippen LogP contribution in [-0.4, -0.2) is 57.6 Å². The lowest BCUT2D eigenvalue weighted by Gasteiger charge is -2.31. The summed E-state index contributed by atoms with van der Waals surface area (Å²) in [5, 5.41) is 2.95. The highest BCUT2D eigenvalue weighted by molar-refractivity contribution is 7.92. The minimum Gasteiger partial charge on any atom is -0.497 e. The molecule has 0 radical (unpaired) electrons. The molecule has 1 N–H and O–H groups in total. The first-order valence-corrected chi connectivity index (χ1v) is 14.6. The number of aryl methyl sites for hydroxylation is 1. The van der Waals surface area contributed by atoms with E-state index in [1.165, 1.54) is 4.31 Å². The Morgan fingerprint density at radius 3 is 2.32 bits per heavy atom. The standard InChI is InChI=1S/C28H41N3O5S/c1-7-26(28(33)29-19-21(2)3)30(20-23-10-8-11-25(18-23)36-5)27(32)12-9-17-31(37(6,34)35)24-15-13-22(4)14-16-24/h8,10-11,13-16,18,21,26H,7,9,12,17,19-20H2,1-6H3,(H,29,33)/t26-/m1/s1. The molecule has 1 atom stereocenters. The predicted molar refractivity (Wildman–Crippen MR) is 148 cm³/mol. The molecule has 37 heavy (non-hydrogen) atoms. The monoisotopic (exact) mass is 531 g/mol. The molecule has 9 heteroatoms. The number of sulfonamides is 1. The number of hydrogen-bond donors (Lipinski definition) is 1. The van der Waals surface area contributed by atoms with Crippen molar-refractivity contribution in [1.82, 2.24) is 10.2 Å². The van der Waals surface area contributed by atoms with Gasteiger partial charge in [0.05, 0.1) is 19.1 Å². The second kappa shape index (κ2) is 14.0. The largest absolute Gasteiger partial charge is 0.497 e. The quantitative estimate of drug-likeness (QED) is 0.396. The van der Waals surface area contributed by atoms with Crippen molar-refractivity contribution in [3.05, 3.63) is 59.7 Å². The number of benzene rings is 2.